The Bertz CT molecular complexity index is 2350. The zero-order valence-electron chi connectivity index (χ0n) is 44.0. The molecule has 6 aliphatic rings. The highest BCUT2D eigenvalue weighted by molar-refractivity contribution is 6.11. The normalized spacial score (nSPS) is 42.5. The van der Waals surface area contributed by atoms with E-state index in [1.165, 1.54) is 46.9 Å². The number of ketones is 2. The monoisotopic (exact) mass is 1080 g/mol. The van der Waals surface area contributed by atoms with Gasteiger partial charge >= 0.3 is 0 Å². The maximum absolute atomic E-state index is 15.0. The highest BCUT2D eigenvalue weighted by Crippen LogP contribution is 2.47. The summed E-state index contributed by atoms with van der Waals surface area (Å²) in [6.07, 6.45) is -27.0. The summed E-state index contributed by atoms with van der Waals surface area (Å²) < 4.78 is 66.5. The summed E-state index contributed by atoms with van der Waals surface area (Å²) in [4.78, 5) is 28.9. The Morgan fingerprint density at radius 1 is 0.684 bits per heavy atom. The molecule has 24 heteroatoms. The van der Waals surface area contributed by atoms with E-state index in [-0.39, 0.29) is 71.7 Å². The molecule has 2 aromatic rings. The molecule has 8 rings (SSSR count). The molecule has 5 saturated heterocycles. The van der Waals surface area contributed by atoms with E-state index in [0.29, 0.717) is 0 Å². The lowest BCUT2D eigenvalue weighted by atomic mass is 9.75. The first-order valence-corrected chi connectivity index (χ1v) is 26.0. The number of benzene rings is 2. The molecule has 0 radical (unpaired) electrons. The van der Waals surface area contributed by atoms with Gasteiger partial charge in [-0.25, -0.2) is 0 Å². The van der Waals surface area contributed by atoms with Crippen molar-refractivity contribution in [3.8, 4) is 17.2 Å². The van der Waals surface area contributed by atoms with Crippen molar-refractivity contribution in [2.24, 2.45) is 5.92 Å². The SMILES string of the molecule is CO[C@H](C(=O)[C@@H](O)[C@@H](C)O)[C@@H]1Cc2cc3cc(O[C@@H]4C[C@H](O[C@H]5C[C@@H](O)[C@H](O)[C@@H](C)O5)[C@@H](O)[C@H](C)O4)c(C)c(O)c3c(O)c2C(=O)[C@H]1O[C@H]1C[C@@H](O[C@H]2C[C@@H](O[C@H]3C[C@](C)(O)[C@H](O)[C@@H](C)O3)[C@@H](O)[C@@H](C)O2)[C@H](O)[C@@H](C)O1. The molecule has 0 spiro atoms. The molecule has 0 bridgehead atoms. The van der Waals surface area contributed by atoms with Crippen molar-refractivity contribution < 1.29 is 118 Å². The van der Waals surface area contributed by atoms with Crippen LogP contribution in [0.2, 0.25) is 0 Å². The first kappa shape index (κ1) is 58.8. The van der Waals surface area contributed by atoms with Gasteiger partial charge in [0.15, 0.2) is 36.7 Å². The molecule has 0 amide bonds. The lowest BCUT2D eigenvalue weighted by Crippen LogP contribution is -2.58. The lowest BCUT2D eigenvalue weighted by molar-refractivity contribution is -0.334. The Labute approximate surface area is 439 Å². The number of aliphatic hydroxyl groups is 9. The second-order valence-corrected chi connectivity index (χ2v) is 21.7. The summed E-state index contributed by atoms with van der Waals surface area (Å²) in [6.45, 7) is 12.1. The Hall–Kier alpha value is -3.32. The minimum absolute atomic E-state index is 0.0365. The molecular formula is C52H76O24. The van der Waals surface area contributed by atoms with E-state index in [0.717, 1.165) is 0 Å². The van der Waals surface area contributed by atoms with Gasteiger partial charge in [-0.3, -0.25) is 9.59 Å². The van der Waals surface area contributed by atoms with Crippen LogP contribution in [0, 0.1) is 12.8 Å². The highest BCUT2D eigenvalue weighted by Gasteiger charge is 2.51. The van der Waals surface area contributed by atoms with Crippen molar-refractivity contribution in [1.82, 2.24) is 0 Å². The quantitative estimate of drug-likeness (QED) is 0.110. The van der Waals surface area contributed by atoms with Gasteiger partial charge in [-0.2, -0.15) is 0 Å². The van der Waals surface area contributed by atoms with Gasteiger partial charge in [0, 0.05) is 50.7 Å². The van der Waals surface area contributed by atoms with Crippen LogP contribution in [0.4, 0.5) is 0 Å². The molecule has 428 valence electrons. The number of Topliss-reactive ketones (excluding diaryl/α,β-unsaturated/α-hetero) is 2. The van der Waals surface area contributed by atoms with Crippen LogP contribution in [0.1, 0.15) is 102 Å². The largest absolute Gasteiger partial charge is 0.507 e. The minimum Gasteiger partial charge on any atom is -0.507 e. The van der Waals surface area contributed by atoms with E-state index in [4.69, 9.17) is 52.1 Å². The van der Waals surface area contributed by atoms with Crippen molar-refractivity contribution in [2.75, 3.05) is 7.11 Å². The summed E-state index contributed by atoms with van der Waals surface area (Å²) in [5, 5.41) is 120. The molecule has 1 aliphatic carbocycles. The average Bonchev–Trinajstić information content (AvgIpc) is 3.38. The number of hydrogen-bond donors (Lipinski definition) is 11. The third-order valence-corrected chi connectivity index (χ3v) is 15.9. The molecule has 0 aromatic heterocycles. The Kier molecular flexibility index (Phi) is 18.1. The molecule has 5 aliphatic heterocycles. The summed E-state index contributed by atoms with van der Waals surface area (Å²) >= 11 is 0. The fraction of sp³-hybridized carbons (Fsp3) is 0.769. The van der Waals surface area contributed by atoms with Crippen LogP contribution in [-0.4, -0.2) is 222 Å². The molecule has 0 saturated carbocycles. The first-order chi connectivity index (χ1) is 35.7. The number of hydrogen-bond acceptors (Lipinski definition) is 24. The molecule has 0 unspecified atom stereocenters. The van der Waals surface area contributed by atoms with E-state index >= 15 is 4.79 Å². The van der Waals surface area contributed by atoms with Gasteiger partial charge in [0.05, 0.1) is 77.6 Å². The fourth-order valence-corrected chi connectivity index (χ4v) is 11.3. The van der Waals surface area contributed by atoms with Gasteiger partial charge in [0.2, 0.25) is 6.29 Å². The van der Waals surface area contributed by atoms with E-state index in [1.807, 2.05) is 0 Å². The third-order valence-electron chi connectivity index (χ3n) is 15.9. The Morgan fingerprint density at radius 2 is 1.17 bits per heavy atom. The molecule has 2 aromatic carbocycles. The maximum atomic E-state index is 15.0. The zero-order valence-corrected chi connectivity index (χ0v) is 44.0. The van der Waals surface area contributed by atoms with Crippen LogP contribution in [0.3, 0.4) is 0 Å². The standard InChI is InChI=1S/C52H76O24/c1-18-29(72-34-14-30(43(58)21(4)68-34)73-33-13-28(54)42(57)20(3)67-33)12-26-10-25-11-27(49(66-9)48(63)41(56)19(2)53)50(47(62)39(25)46(61)38(26)40(18)55)76-36-16-31(44(59)23(6)70-36)74-35-15-32(45(60)22(5)69-35)75-37-17-52(8,65)51(64)24(7)71-37/h10,12,19-24,27-28,30-37,41-45,49-51,53-61,64-65H,11,13-17H2,1-9H3/t19-,20-,21+,22-,23-,24-,27+,28-,30+,31-,32-,33+,34-,35+,36+,37+,41+,42-,43+,44-,45+,49+,50+,51-,52+/m1/s1. The number of carbonyl (C=O) groups is 2. The van der Waals surface area contributed by atoms with Crippen LogP contribution < -0.4 is 4.74 Å². The number of ether oxygens (including phenoxy) is 11. The smallest absolute Gasteiger partial charge is 0.202 e. The van der Waals surface area contributed by atoms with Crippen molar-refractivity contribution >= 4 is 22.3 Å². The average molecular weight is 1090 g/mol. The number of aliphatic hydroxyl groups excluding tert-OH is 8. The topological polar surface area (TPSA) is 358 Å². The number of rotatable bonds is 15. The molecule has 24 nitrogen and oxygen atoms in total. The second kappa shape index (κ2) is 23.4. The van der Waals surface area contributed by atoms with Crippen molar-refractivity contribution in [1.29, 1.82) is 0 Å². The zero-order chi connectivity index (χ0) is 55.6. The van der Waals surface area contributed by atoms with Gasteiger partial charge in [-0.15, -0.1) is 0 Å². The fourth-order valence-electron chi connectivity index (χ4n) is 11.3. The number of phenolic OH excluding ortho intramolecular Hbond substituents is 2. The predicted molar refractivity (Wildman–Crippen MR) is 259 cm³/mol. The molecular weight excluding hydrogens is 1010 g/mol. The predicted octanol–water partition coefficient (Wildman–Crippen LogP) is -0.249. The van der Waals surface area contributed by atoms with Gasteiger partial charge < -0.3 is 108 Å². The molecule has 11 N–H and O–H groups in total. The van der Waals surface area contributed by atoms with Crippen LogP contribution in [-0.2, 0) is 58.6 Å². The summed E-state index contributed by atoms with van der Waals surface area (Å²) in [5.74, 6) is -4.07. The number of fused-ring (bicyclic) bond motifs is 2. The van der Waals surface area contributed by atoms with Crippen LogP contribution in [0.15, 0.2) is 12.1 Å². The Morgan fingerprint density at radius 3 is 1.70 bits per heavy atom. The van der Waals surface area contributed by atoms with E-state index in [9.17, 15) is 61.0 Å². The molecule has 76 heavy (non-hydrogen) atoms. The van der Waals surface area contributed by atoms with Crippen LogP contribution in [0.25, 0.3) is 10.8 Å². The molecule has 5 fully saturated rings. The summed E-state index contributed by atoms with van der Waals surface area (Å²) in [5.41, 5.74) is -1.47. The first-order valence-electron chi connectivity index (χ1n) is 26.0. The van der Waals surface area contributed by atoms with Gasteiger partial charge in [-0.1, -0.05) is 0 Å². The van der Waals surface area contributed by atoms with Crippen molar-refractivity contribution in [2.45, 2.75) is 241 Å². The minimum atomic E-state index is -1.95. The summed E-state index contributed by atoms with van der Waals surface area (Å²) in [6, 6.07) is 3.03. The number of carbonyl (C=O) groups excluding carboxylic acids is 2. The van der Waals surface area contributed by atoms with Gasteiger partial charge in [0.1, 0.15) is 66.1 Å². The van der Waals surface area contributed by atoms with Crippen molar-refractivity contribution in [3.05, 3.63) is 28.8 Å². The van der Waals surface area contributed by atoms with Crippen molar-refractivity contribution in [3.63, 3.8) is 0 Å². The lowest BCUT2D eigenvalue weighted by Gasteiger charge is -2.46. The second-order valence-electron chi connectivity index (χ2n) is 21.7. The molecule has 5 heterocycles. The van der Waals surface area contributed by atoms with Crippen LogP contribution in [0.5, 0.6) is 17.2 Å². The van der Waals surface area contributed by atoms with E-state index in [2.05, 4.69) is 0 Å². The van der Waals surface area contributed by atoms with E-state index < -0.39 is 176 Å². The Balaban J connectivity index is 1.04. The highest BCUT2D eigenvalue weighted by atomic mass is 16.7. The van der Waals surface area contributed by atoms with Gasteiger partial charge in [0.25, 0.3) is 0 Å². The molecule has 25 atom stereocenters. The van der Waals surface area contributed by atoms with E-state index in [1.54, 1.807) is 27.7 Å². The third kappa shape index (κ3) is 11.9. The summed E-state index contributed by atoms with van der Waals surface area (Å²) in [7, 11) is 1.18. The van der Waals surface area contributed by atoms with Crippen LogP contribution >= 0.6 is 0 Å². The number of phenols is 2. The maximum Gasteiger partial charge on any atom is 0.202 e. The number of aromatic hydroxyl groups is 2. The van der Waals surface area contributed by atoms with Gasteiger partial charge in [-0.05, 0) is 84.9 Å². The number of methoxy groups -OCH3 is 1.